The lowest BCUT2D eigenvalue weighted by Crippen LogP contribution is -2.34. The smallest absolute Gasteiger partial charge is 0.319 e. The first-order valence-corrected chi connectivity index (χ1v) is 4.56. The Kier molecular flexibility index (Phi) is 4.05. The van der Waals surface area contributed by atoms with Gasteiger partial charge in [0.05, 0.1) is 6.10 Å². The number of carbonyl (C=O) groups excluding carboxylic acids is 1. The summed E-state index contributed by atoms with van der Waals surface area (Å²) in [6.07, 6.45) is -0.594. The molecule has 0 radical (unpaired) electrons. The summed E-state index contributed by atoms with van der Waals surface area (Å²) in [5.74, 6) is -0.357. The van der Waals surface area contributed by atoms with Crippen LogP contribution in [-0.4, -0.2) is 23.8 Å². The fourth-order valence-electron chi connectivity index (χ4n) is 0.949. The van der Waals surface area contributed by atoms with E-state index in [1.807, 2.05) is 0 Å². The lowest BCUT2D eigenvalue weighted by Gasteiger charge is -2.08. The van der Waals surface area contributed by atoms with Crippen LogP contribution >= 0.6 is 0 Å². The normalized spacial score (nSPS) is 11.9. The van der Waals surface area contributed by atoms with Gasteiger partial charge in [0.2, 0.25) is 0 Å². The molecule has 0 saturated heterocycles. The molecule has 4 nitrogen and oxygen atoms in total. The number of hydrogen-bond donors (Lipinski definition) is 3. The zero-order valence-electron chi connectivity index (χ0n) is 8.33. The minimum absolute atomic E-state index is 0.174. The van der Waals surface area contributed by atoms with Crippen molar-refractivity contribution < 1.29 is 14.3 Å². The largest absolute Gasteiger partial charge is 0.392 e. The van der Waals surface area contributed by atoms with Crippen LogP contribution in [0.4, 0.5) is 14.9 Å². The number of carbonyl (C=O) groups is 1. The number of aliphatic hydroxyl groups excluding tert-OH is 1. The predicted octanol–water partition coefficient (Wildman–Crippen LogP) is 1.33. The molecule has 15 heavy (non-hydrogen) atoms. The monoisotopic (exact) mass is 212 g/mol. The maximum Gasteiger partial charge on any atom is 0.319 e. The van der Waals surface area contributed by atoms with Gasteiger partial charge in [-0.05, 0) is 31.2 Å². The molecule has 0 aliphatic carbocycles. The molecule has 1 aromatic carbocycles. The van der Waals surface area contributed by atoms with Crippen LogP contribution in [0, 0.1) is 5.82 Å². The average molecular weight is 212 g/mol. The number of amides is 2. The summed E-state index contributed by atoms with van der Waals surface area (Å²) >= 11 is 0. The quantitative estimate of drug-likeness (QED) is 0.707. The zero-order valence-corrected chi connectivity index (χ0v) is 8.33. The van der Waals surface area contributed by atoms with E-state index >= 15 is 0 Å². The van der Waals surface area contributed by atoms with Crippen molar-refractivity contribution in [2.75, 3.05) is 11.9 Å². The second kappa shape index (κ2) is 5.31. The highest BCUT2D eigenvalue weighted by molar-refractivity contribution is 5.89. The summed E-state index contributed by atoms with van der Waals surface area (Å²) < 4.78 is 12.5. The van der Waals surface area contributed by atoms with E-state index in [1.165, 1.54) is 24.3 Å². The van der Waals surface area contributed by atoms with Gasteiger partial charge in [0.15, 0.2) is 0 Å². The van der Waals surface area contributed by atoms with Crippen LogP contribution in [0.25, 0.3) is 0 Å². The second-order valence-corrected chi connectivity index (χ2v) is 3.19. The van der Waals surface area contributed by atoms with E-state index in [0.29, 0.717) is 5.69 Å². The van der Waals surface area contributed by atoms with E-state index in [4.69, 9.17) is 5.11 Å². The van der Waals surface area contributed by atoms with Crippen molar-refractivity contribution in [3.8, 4) is 0 Å². The minimum Gasteiger partial charge on any atom is -0.392 e. The Morgan fingerprint density at radius 2 is 2.07 bits per heavy atom. The molecule has 2 amide bonds. The van der Waals surface area contributed by atoms with E-state index in [1.54, 1.807) is 6.92 Å². The first kappa shape index (κ1) is 11.5. The van der Waals surface area contributed by atoms with Crippen molar-refractivity contribution >= 4 is 11.7 Å². The molecule has 82 valence electrons. The average Bonchev–Trinajstić information content (AvgIpc) is 2.19. The third-order valence-corrected chi connectivity index (χ3v) is 1.66. The highest BCUT2D eigenvalue weighted by Crippen LogP contribution is 2.07. The molecular weight excluding hydrogens is 199 g/mol. The number of urea groups is 1. The Labute approximate surface area is 87.1 Å². The Balaban J connectivity index is 2.41. The molecule has 0 heterocycles. The van der Waals surface area contributed by atoms with Gasteiger partial charge in [-0.25, -0.2) is 9.18 Å². The number of nitrogens with one attached hydrogen (secondary N) is 2. The van der Waals surface area contributed by atoms with Crippen LogP contribution < -0.4 is 10.6 Å². The molecule has 0 bridgehead atoms. The molecule has 3 N–H and O–H groups in total. The van der Waals surface area contributed by atoms with Crippen molar-refractivity contribution in [1.29, 1.82) is 0 Å². The highest BCUT2D eigenvalue weighted by atomic mass is 19.1. The number of hydrogen-bond acceptors (Lipinski definition) is 2. The maximum atomic E-state index is 12.5. The summed E-state index contributed by atoms with van der Waals surface area (Å²) in [6.45, 7) is 1.74. The summed E-state index contributed by atoms with van der Waals surface area (Å²) in [4.78, 5) is 11.2. The van der Waals surface area contributed by atoms with Gasteiger partial charge in [-0.3, -0.25) is 0 Å². The number of halogens is 1. The van der Waals surface area contributed by atoms with E-state index in [-0.39, 0.29) is 12.4 Å². The Hall–Kier alpha value is -1.62. The van der Waals surface area contributed by atoms with Crippen molar-refractivity contribution in [2.24, 2.45) is 0 Å². The van der Waals surface area contributed by atoms with Crippen molar-refractivity contribution in [1.82, 2.24) is 5.32 Å². The van der Waals surface area contributed by atoms with Crippen LogP contribution in [0.1, 0.15) is 6.92 Å². The SMILES string of the molecule is CC(O)CNC(=O)Nc1ccc(F)cc1. The Morgan fingerprint density at radius 3 is 2.60 bits per heavy atom. The number of rotatable bonds is 3. The summed E-state index contributed by atoms with van der Waals surface area (Å²) in [5.41, 5.74) is 0.500. The van der Waals surface area contributed by atoms with Crippen LogP contribution in [-0.2, 0) is 0 Å². The van der Waals surface area contributed by atoms with Gasteiger partial charge in [-0.1, -0.05) is 0 Å². The number of anilines is 1. The van der Waals surface area contributed by atoms with Crippen molar-refractivity contribution in [3.63, 3.8) is 0 Å². The standard InChI is InChI=1S/C10H13FN2O2/c1-7(14)6-12-10(15)13-9-4-2-8(11)3-5-9/h2-5,7,14H,6H2,1H3,(H2,12,13,15). The van der Waals surface area contributed by atoms with E-state index < -0.39 is 12.1 Å². The molecule has 1 atom stereocenters. The van der Waals surface area contributed by atoms with Crippen molar-refractivity contribution in [3.05, 3.63) is 30.1 Å². The van der Waals surface area contributed by atoms with E-state index in [2.05, 4.69) is 10.6 Å². The van der Waals surface area contributed by atoms with E-state index in [0.717, 1.165) is 0 Å². The van der Waals surface area contributed by atoms with Gasteiger partial charge < -0.3 is 15.7 Å². The topological polar surface area (TPSA) is 61.4 Å². The van der Waals surface area contributed by atoms with Crippen LogP contribution in [0.3, 0.4) is 0 Å². The fraction of sp³-hybridized carbons (Fsp3) is 0.300. The first-order valence-electron chi connectivity index (χ1n) is 4.56. The van der Waals surface area contributed by atoms with Gasteiger partial charge in [-0.2, -0.15) is 0 Å². The zero-order chi connectivity index (χ0) is 11.3. The molecule has 0 aliphatic heterocycles. The number of aliphatic hydroxyl groups is 1. The van der Waals surface area contributed by atoms with Crippen LogP contribution in [0.15, 0.2) is 24.3 Å². The first-order chi connectivity index (χ1) is 7.08. The molecule has 1 aromatic rings. The van der Waals surface area contributed by atoms with Crippen LogP contribution in [0.5, 0.6) is 0 Å². The highest BCUT2D eigenvalue weighted by Gasteiger charge is 2.02. The molecule has 0 fully saturated rings. The molecule has 5 heteroatoms. The lowest BCUT2D eigenvalue weighted by atomic mass is 10.3. The van der Waals surface area contributed by atoms with Crippen molar-refractivity contribution in [2.45, 2.75) is 13.0 Å². The Bertz CT molecular complexity index is 325. The van der Waals surface area contributed by atoms with Gasteiger partial charge >= 0.3 is 6.03 Å². The molecule has 1 rings (SSSR count). The predicted molar refractivity (Wildman–Crippen MR) is 55.1 cm³/mol. The minimum atomic E-state index is -0.594. The molecule has 0 spiro atoms. The third-order valence-electron chi connectivity index (χ3n) is 1.66. The maximum absolute atomic E-state index is 12.5. The fourth-order valence-corrected chi connectivity index (χ4v) is 0.949. The number of benzene rings is 1. The van der Waals surface area contributed by atoms with E-state index in [9.17, 15) is 9.18 Å². The molecule has 0 saturated carbocycles. The van der Waals surface area contributed by atoms with Gasteiger partial charge in [0.1, 0.15) is 5.82 Å². The second-order valence-electron chi connectivity index (χ2n) is 3.19. The summed E-state index contributed by atoms with van der Waals surface area (Å²) in [7, 11) is 0. The van der Waals surface area contributed by atoms with Crippen LogP contribution in [0.2, 0.25) is 0 Å². The van der Waals surface area contributed by atoms with Gasteiger partial charge in [0, 0.05) is 12.2 Å². The molecule has 0 aliphatic rings. The lowest BCUT2D eigenvalue weighted by molar-refractivity contribution is 0.190. The van der Waals surface area contributed by atoms with Gasteiger partial charge in [0.25, 0.3) is 0 Å². The molecule has 1 unspecified atom stereocenters. The molecular formula is C10H13FN2O2. The van der Waals surface area contributed by atoms with Gasteiger partial charge in [-0.15, -0.1) is 0 Å². The Morgan fingerprint density at radius 1 is 1.47 bits per heavy atom. The summed E-state index contributed by atoms with van der Waals surface area (Å²) in [6, 6.07) is 4.99. The summed E-state index contributed by atoms with van der Waals surface area (Å²) in [5, 5.41) is 13.9. The third kappa shape index (κ3) is 4.42. The molecule has 0 aromatic heterocycles.